The van der Waals surface area contributed by atoms with Gasteiger partial charge in [0.25, 0.3) is 0 Å². The Bertz CT molecular complexity index is 379. The molecule has 0 saturated heterocycles. The summed E-state index contributed by atoms with van der Waals surface area (Å²) >= 11 is 2.09. The molecule has 0 aromatic heterocycles. The molecular weight excluding hydrogens is 309 g/mol. The van der Waals surface area contributed by atoms with Crippen LogP contribution < -0.4 is 10.4 Å². The van der Waals surface area contributed by atoms with Gasteiger partial charge in [-0.25, -0.2) is 0 Å². The zero-order valence-corrected chi connectivity index (χ0v) is 9.98. The molecule has 0 heterocycles. The standard InChI is InChI=1S/C10H10INO3/c11-7-3-1-2-4-8(7)12-9(13)5-6-10(14)15/h1-4H,5-6H2,(H,12,13)(H,14,15)/p-1. The molecule has 1 N–H and O–H groups in total. The van der Waals surface area contributed by atoms with E-state index >= 15 is 0 Å². The normalized spacial score (nSPS) is 9.67. The highest BCUT2D eigenvalue weighted by atomic mass is 127. The number of nitrogens with one attached hydrogen (secondary N) is 1. The van der Waals surface area contributed by atoms with E-state index in [-0.39, 0.29) is 18.7 Å². The number of amides is 1. The number of hydrogen-bond donors (Lipinski definition) is 1. The number of benzene rings is 1. The van der Waals surface area contributed by atoms with Gasteiger partial charge in [-0.1, -0.05) is 12.1 Å². The maximum Gasteiger partial charge on any atom is 0.224 e. The molecule has 0 atom stereocenters. The molecular formula is C10H9INO3-. The molecule has 1 amide bonds. The Morgan fingerprint density at radius 1 is 1.27 bits per heavy atom. The van der Waals surface area contributed by atoms with Crippen LogP contribution in [0.25, 0.3) is 0 Å². The molecule has 0 fully saturated rings. The van der Waals surface area contributed by atoms with Crippen LogP contribution in [0.5, 0.6) is 0 Å². The maximum absolute atomic E-state index is 11.3. The first kappa shape index (κ1) is 12.0. The fourth-order valence-corrected chi connectivity index (χ4v) is 1.51. The van der Waals surface area contributed by atoms with E-state index < -0.39 is 5.97 Å². The molecule has 0 bridgehead atoms. The Labute approximate surface area is 101 Å². The van der Waals surface area contributed by atoms with Gasteiger partial charge in [-0.2, -0.15) is 0 Å². The van der Waals surface area contributed by atoms with E-state index in [4.69, 9.17) is 0 Å². The van der Waals surface area contributed by atoms with Crippen LogP contribution in [-0.4, -0.2) is 11.9 Å². The third kappa shape index (κ3) is 4.28. The van der Waals surface area contributed by atoms with Gasteiger partial charge in [0.05, 0.1) is 5.69 Å². The monoisotopic (exact) mass is 318 g/mol. The first-order valence-corrected chi connectivity index (χ1v) is 5.41. The number of carbonyl (C=O) groups is 2. The summed E-state index contributed by atoms with van der Waals surface area (Å²) in [6.45, 7) is 0. The van der Waals surface area contributed by atoms with Gasteiger partial charge in [-0.15, -0.1) is 0 Å². The lowest BCUT2D eigenvalue weighted by Crippen LogP contribution is -2.24. The van der Waals surface area contributed by atoms with E-state index in [2.05, 4.69) is 27.9 Å². The van der Waals surface area contributed by atoms with Crippen molar-refractivity contribution in [2.45, 2.75) is 12.8 Å². The van der Waals surface area contributed by atoms with Crippen molar-refractivity contribution in [3.8, 4) is 0 Å². The van der Waals surface area contributed by atoms with Crippen molar-refractivity contribution in [1.82, 2.24) is 0 Å². The summed E-state index contributed by atoms with van der Waals surface area (Å²) in [7, 11) is 0. The maximum atomic E-state index is 11.3. The van der Waals surface area contributed by atoms with E-state index in [0.29, 0.717) is 5.69 Å². The minimum atomic E-state index is -1.21. The van der Waals surface area contributed by atoms with Crippen LogP contribution in [0.4, 0.5) is 5.69 Å². The summed E-state index contributed by atoms with van der Waals surface area (Å²) in [5.74, 6) is -1.53. The first-order valence-electron chi connectivity index (χ1n) is 4.34. The van der Waals surface area contributed by atoms with Crippen molar-refractivity contribution >= 4 is 40.2 Å². The van der Waals surface area contributed by atoms with Gasteiger partial charge in [0.15, 0.2) is 0 Å². The smallest absolute Gasteiger partial charge is 0.224 e. The van der Waals surface area contributed by atoms with Crippen molar-refractivity contribution in [3.05, 3.63) is 27.8 Å². The largest absolute Gasteiger partial charge is 0.550 e. The zero-order valence-electron chi connectivity index (χ0n) is 7.83. The van der Waals surface area contributed by atoms with E-state index in [9.17, 15) is 14.7 Å². The second kappa shape index (κ2) is 5.69. The quantitative estimate of drug-likeness (QED) is 0.834. The Morgan fingerprint density at radius 2 is 1.93 bits per heavy atom. The van der Waals surface area contributed by atoms with Crippen molar-refractivity contribution in [1.29, 1.82) is 0 Å². The molecule has 5 heteroatoms. The lowest BCUT2D eigenvalue weighted by atomic mass is 10.2. The summed E-state index contributed by atoms with van der Waals surface area (Å²) < 4.78 is 0.914. The van der Waals surface area contributed by atoms with Gasteiger partial charge in [0.1, 0.15) is 0 Å². The number of carboxylic acid groups (broad SMARTS) is 1. The number of carboxylic acids is 1. The number of carbonyl (C=O) groups excluding carboxylic acids is 2. The number of anilines is 1. The van der Waals surface area contributed by atoms with E-state index in [1.807, 2.05) is 12.1 Å². The van der Waals surface area contributed by atoms with Crippen LogP contribution in [0, 0.1) is 3.57 Å². The third-order valence-corrected chi connectivity index (χ3v) is 2.64. The second-order valence-electron chi connectivity index (χ2n) is 2.90. The van der Waals surface area contributed by atoms with Crippen LogP contribution in [0.2, 0.25) is 0 Å². The number of aliphatic carboxylic acids is 1. The summed E-state index contributed by atoms with van der Waals surface area (Å²) in [4.78, 5) is 21.4. The average molecular weight is 318 g/mol. The third-order valence-electron chi connectivity index (χ3n) is 1.70. The van der Waals surface area contributed by atoms with Gasteiger partial charge in [0.2, 0.25) is 5.91 Å². The van der Waals surface area contributed by atoms with Gasteiger partial charge in [0, 0.05) is 16.0 Å². The Kier molecular flexibility index (Phi) is 4.54. The summed E-state index contributed by atoms with van der Waals surface area (Å²) in [5.41, 5.74) is 0.696. The number of rotatable bonds is 4. The molecule has 0 saturated carbocycles. The number of para-hydroxylation sites is 1. The van der Waals surface area contributed by atoms with Crippen LogP contribution in [-0.2, 0) is 9.59 Å². The van der Waals surface area contributed by atoms with Crippen LogP contribution >= 0.6 is 22.6 Å². The first-order chi connectivity index (χ1) is 7.09. The van der Waals surface area contributed by atoms with Gasteiger partial charge in [-0.05, 0) is 41.1 Å². The molecule has 0 aliphatic rings. The summed E-state index contributed by atoms with van der Waals surface area (Å²) in [6, 6.07) is 7.28. The van der Waals surface area contributed by atoms with Gasteiger partial charge in [-0.3, -0.25) is 4.79 Å². The van der Waals surface area contributed by atoms with Crippen LogP contribution in [0.1, 0.15) is 12.8 Å². The molecule has 0 radical (unpaired) electrons. The minimum absolute atomic E-state index is 0.0622. The Balaban J connectivity index is 2.52. The molecule has 1 aromatic rings. The van der Waals surface area contributed by atoms with Crippen LogP contribution in [0.3, 0.4) is 0 Å². The van der Waals surface area contributed by atoms with Gasteiger partial charge >= 0.3 is 0 Å². The minimum Gasteiger partial charge on any atom is -0.550 e. The number of halogens is 1. The van der Waals surface area contributed by atoms with E-state index in [1.54, 1.807) is 12.1 Å². The van der Waals surface area contributed by atoms with E-state index in [0.717, 1.165) is 3.57 Å². The zero-order chi connectivity index (χ0) is 11.3. The van der Waals surface area contributed by atoms with Crippen molar-refractivity contribution in [2.75, 3.05) is 5.32 Å². The highest BCUT2D eigenvalue weighted by molar-refractivity contribution is 14.1. The fraction of sp³-hybridized carbons (Fsp3) is 0.200. The fourth-order valence-electron chi connectivity index (χ4n) is 0.991. The topological polar surface area (TPSA) is 69.2 Å². The molecule has 0 unspecified atom stereocenters. The van der Waals surface area contributed by atoms with Crippen molar-refractivity contribution < 1.29 is 14.7 Å². The molecule has 80 valence electrons. The van der Waals surface area contributed by atoms with Crippen LogP contribution in [0.15, 0.2) is 24.3 Å². The molecule has 0 spiro atoms. The lowest BCUT2D eigenvalue weighted by molar-refractivity contribution is -0.305. The van der Waals surface area contributed by atoms with Gasteiger partial charge < -0.3 is 15.2 Å². The Hall–Kier alpha value is -1.11. The SMILES string of the molecule is O=C([O-])CCC(=O)Nc1ccccc1I. The molecule has 0 aliphatic heterocycles. The average Bonchev–Trinajstić information content (AvgIpc) is 2.18. The summed E-state index contributed by atoms with van der Waals surface area (Å²) in [5, 5.41) is 12.8. The van der Waals surface area contributed by atoms with Crippen molar-refractivity contribution in [3.63, 3.8) is 0 Å². The van der Waals surface area contributed by atoms with Crippen molar-refractivity contribution in [2.24, 2.45) is 0 Å². The highest BCUT2D eigenvalue weighted by Crippen LogP contribution is 2.17. The predicted octanol–water partition coefficient (Wildman–Crippen LogP) is 0.760. The molecule has 1 rings (SSSR count). The lowest BCUT2D eigenvalue weighted by Gasteiger charge is -2.07. The second-order valence-corrected chi connectivity index (χ2v) is 4.06. The molecule has 1 aromatic carbocycles. The molecule has 4 nitrogen and oxygen atoms in total. The Morgan fingerprint density at radius 3 is 2.53 bits per heavy atom. The highest BCUT2D eigenvalue weighted by Gasteiger charge is 2.04. The molecule has 0 aliphatic carbocycles. The predicted molar refractivity (Wildman–Crippen MR) is 62.0 cm³/mol. The van der Waals surface area contributed by atoms with E-state index in [1.165, 1.54) is 0 Å². The summed E-state index contributed by atoms with van der Waals surface area (Å²) in [6.07, 6.45) is -0.317. The number of hydrogen-bond acceptors (Lipinski definition) is 3. The molecule has 15 heavy (non-hydrogen) atoms.